The highest BCUT2D eigenvalue weighted by Crippen LogP contribution is 2.36. The van der Waals surface area contributed by atoms with Gasteiger partial charge < -0.3 is 9.64 Å². The summed E-state index contributed by atoms with van der Waals surface area (Å²) in [7, 11) is 0. The van der Waals surface area contributed by atoms with Gasteiger partial charge in [0.25, 0.3) is 0 Å². The van der Waals surface area contributed by atoms with Gasteiger partial charge in [0.1, 0.15) is 23.4 Å². The number of hydrogen-bond donors (Lipinski definition) is 0. The number of likely N-dealkylation sites (tertiary alicyclic amines) is 1. The number of nitrogens with zero attached hydrogens (tertiary/aromatic N) is 4. The normalized spacial score (nSPS) is 16.0. The van der Waals surface area contributed by atoms with Crippen molar-refractivity contribution >= 4 is 17.7 Å². The molecule has 2 aliphatic heterocycles. The monoisotopic (exact) mass is 386 g/mol. The fourth-order valence-electron chi connectivity index (χ4n) is 3.67. The van der Waals surface area contributed by atoms with Crippen LogP contribution in [-0.4, -0.2) is 45.1 Å². The quantitative estimate of drug-likeness (QED) is 0.704. The smallest absolute Gasteiger partial charge is 0.359 e. The number of aromatic nitrogens is 2. The van der Waals surface area contributed by atoms with Crippen LogP contribution in [-0.2, 0) is 11.3 Å². The van der Waals surface area contributed by atoms with E-state index in [0.717, 1.165) is 12.8 Å². The summed E-state index contributed by atoms with van der Waals surface area (Å²) in [5.41, 5.74) is 0.678. The fourth-order valence-corrected chi connectivity index (χ4v) is 3.67. The zero-order valence-corrected chi connectivity index (χ0v) is 16.2. The number of urea groups is 1. The van der Waals surface area contributed by atoms with E-state index in [0.29, 0.717) is 24.5 Å². The van der Waals surface area contributed by atoms with Gasteiger partial charge in [0.05, 0.1) is 17.9 Å². The summed E-state index contributed by atoms with van der Waals surface area (Å²) in [6, 6.07) is 4.37. The first-order valence-corrected chi connectivity index (χ1v) is 9.41. The van der Waals surface area contributed by atoms with Gasteiger partial charge in [0, 0.05) is 13.1 Å². The Morgan fingerprint density at radius 1 is 1.18 bits per heavy atom. The Kier molecular flexibility index (Phi) is 4.36. The molecule has 28 heavy (non-hydrogen) atoms. The molecule has 0 aliphatic carbocycles. The van der Waals surface area contributed by atoms with Crippen LogP contribution < -0.4 is 4.90 Å². The Bertz CT molecular complexity index is 941. The minimum Gasteiger partial charge on any atom is -0.455 e. The summed E-state index contributed by atoms with van der Waals surface area (Å²) in [6.45, 7) is 6.69. The Balaban J connectivity index is 1.78. The number of esters is 1. The number of fused-ring (bicyclic) bond motifs is 3. The van der Waals surface area contributed by atoms with E-state index >= 15 is 0 Å². The molecule has 4 rings (SSSR count). The lowest BCUT2D eigenvalue weighted by Gasteiger charge is -2.33. The van der Waals surface area contributed by atoms with Crippen molar-refractivity contribution in [2.75, 3.05) is 18.0 Å². The maximum atomic E-state index is 14.7. The highest BCUT2D eigenvalue weighted by atomic mass is 19.1. The lowest BCUT2D eigenvalue weighted by molar-refractivity contribution is 0.00619. The second-order valence-corrected chi connectivity index (χ2v) is 8.08. The van der Waals surface area contributed by atoms with Gasteiger partial charge in [-0.2, -0.15) is 0 Å². The Hall–Kier alpha value is -2.90. The molecular formula is C20H23FN4O3. The molecule has 0 N–H and O–H groups in total. The van der Waals surface area contributed by atoms with Crippen molar-refractivity contribution in [3.8, 4) is 5.69 Å². The van der Waals surface area contributed by atoms with Gasteiger partial charge >= 0.3 is 12.0 Å². The lowest BCUT2D eigenvalue weighted by atomic mass is 10.1. The average molecular weight is 386 g/mol. The highest BCUT2D eigenvalue weighted by Gasteiger charge is 2.36. The minimum atomic E-state index is -0.669. The first-order valence-electron chi connectivity index (χ1n) is 9.41. The van der Waals surface area contributed by atoms with Crippen molar-refractivity contribution < 1.29 is 18.7 Å². The van der Waals surface area contributed by atoms with E-state index in [-0.39, 0.29) is 24.0 Å². The molecule has 0 radical (unpaired) electrons. The first kappa shape index (κ1) is 18.5. The zero-order chi connectivity index (χ0) is 20.1. The van der Waals surface area contributed by atoms with E-state index < -0.39 is 17.4 Å². The number of carbonyl (C=O) groups excluding carboxylic acids is 2. The number of imidazole rings is 1. The second kappa shape index (κ2) is 6.61. The minimum absolute atomic E-state index is 0.0534. The molecule has 0 atom stereocenters. The standard InChI is InChI=1S/C20H23FN4O3/c1-20(2,3)28-18(26)16-15-11-24(19(27)23-9-4-5-10-23)17-13(21)7-6-8-14(17)25(15)12-22-16/h6-8,12H,4-5,9-11H2,1-3H3. The molecule has 3 heterocycles. The molecule has 1 saturated heterocycles. The summed E-state index contributed by atoms with van der Waals surface area (Å²) in [4.78, 5) is 33.1. The van der Waals surface area contributed by atoms with Gasteiger partial charge in [-0.25, -0.2) is 19.0 Å². The van der Waals surface area contributed by atoms with Gasteiger partial charge in [-0.1, -0.05) is 6.07 Å². The molecule has 1 aromatic heterocycles. The van der Waals surface area contributed by atoms with Crippen LogP contribution in [0.15, 0.2) is 24.5 Å². The maximum absolute atomic E-state index is 14.7. The zero-order valence-electron chi connectivity index (χ0n) is 16.2. The highest BCUT2D eigenvalue weighted by molar-refractivity contribution is 5.97. The number of halogens is 1. The molecule has 0 unspecified atom stereocenters. The predicted octanol–water partition coefficient (Wildman–Crippen LogP) is 3.50. The average Bonchev–Trinajstić information content (AvgIpc) is 3.29. The number of carbonyl (C=O) groups is 2. The van der Waals surface area contributed by atoms with Gasteiger partial charge in [-0.15, -0.1) is 0 Å². The molecule has 2 aromatic rings. The van der Waals surface area contributed by atoms with Crippen molar-refractivity contribution in [3.63, 3.8) is 0 Å². The third-order valence-corrected chi connectivity index (χ3v) is 4.87. The van der Waals surface area contributed by atoms with Crippen LogP contribution in [0.3, 0.4) is 0 Å². The Labute approximate surface area is 162 Å². The van der Waals surface area contributed by atoms with Crippen LogP contribution in [0.1, 0.15) is 49.8 Å². The van der Waals surface area contributed by atoms with E-state index in [9.17, 15) is 14.0 Å². The van der Waals surface area contributed by atoms with Crippen LogP contribution in [0.25, 0.3) is 5.69 Å². The molecule has 0 spiro atoms. The Morgan fingerprint density at radius 2 is 1.89 bits per heavy atom. The van der Waals surface area contributed by atoms with Gasteiger partial charge in [0.15, 0.2) is 5.69 Å². The van der Waals surface area contributed by atoms with Crippen molar-refractivity contribution in [1.82, 2.24) is 14.5 Å². The topological polar surface area (TPSA) is 67.7 Å². The number of amides is 2. The number of benzene rings is 1. The van der Waals surface area contributed by atoms with E-state index in [1.165, 1.54) is 17.3 Å². The van der Waals surface area contributed by atoms with Crippen LogP contribution in [0.2, 0.25) is 0 Å². The number of para-hydroxylation sites is 1. The van der Waals surface area contributed by atoms with E-state index in [4.69, 9.17) is 4.74 Å². The number of rotatable bonds is 1. The molecule has 2 amide bonds. The molecule has 0 saturated carbocycles. The Morgan fingerprint density at radius 3 is 2.57 bits per heavy atom. The summed E-state index contributed by atoms with van der Waals surface area (Å²) in [5, 5.41) is 0. The molecule has 7 nitrogen and oxygen atoms in total. The van der Waals surface area contributed by atoms with Crippen LogP contribution in [0.4, 0.5) is 14.9 Å². The van der Waals surface area contributed by atoms with Gasteiger partial charge in [-0.05, 0) is 45.7 Å². The van der Waals surface area contributed by atoms with E-state index in [1.54, 1.807) is 42.4 Å². The van der Waals surface area contributed by atoms with Crippen LogP contribution in [0.5, 0.6) is 0 Å². The summed E-state index contributed by atoms with van der Waals surface area (Å²) in [6.07, 6.45) is 3.35. The maximum Gasteiger partial charge on any atom is 0.359 e. The molecule has 2 aliphatic rings. The fraction of sp³-hybridized carbons (Fsp3) is 0.450. The van der Waals surface area contributed by atoms with Crippen molar-refractivity contribution in [1.29, 1.82) is 0 Å². The van der Waals surface area contributed by atoms with Gasteiger partial charge in [-0.3, -0.25) is 9.47 Å². The SMILES string of the molecule is CC(C)(C)OC(=O)c1ncn2c1CN(C(=O)N1CCCC1)c1c(F)cccc1-2. The molecular weight excluding hydrogens is 363 g/mol. The van der Waals surface area contributed by atoms with Crippen LogP contribution >= 0.6 is 0 Å². The van der Waals surface area contributed by atoms with Crippen LogP contribution in [0, 0.1) is 5.82 Å². The third kappa shape index (κ3) is 3.12. The lowest BCUT2D eigenvalue weighted by Crippen LogP contribution is -2.44. The molecule has 148 valence electrons. The van der Waals surface area contributed by atoms with Crippen molar-refractivity contribution in [2.45, 2.75) is 45.8 Å². The predicted molar refractivity (Wildman–Crippen MR) is 101 cm³/mol. The number of anilines is 1. The molecule has 1 aromatic carbocycles. The van der Waals surface area contributed by atoms with E-state index in [1.807, 2.05) is 0 Å². The molecule has 1 fully saturated rings. The number of ether oxygens (including phenoxy) is 1. The molecule has 8 heteroatoms. The van der Waals surface area contributed by atoms with Crippen molar-refractivity contribution in [3.05, 3.63) is 41.7 Å². The second-order valence-electron chi connectivity index (χ2n) is 8.08. The van der Waals surface area contributed by atoms with Gasteiger partial charge in [0.2, 0.25) is 0 Å². The first-order chi connectivity index (χ1) is 13.3. The largest absolute Gasteiger partial charge is 0.455 e. The molecule has 0 bridgehead atoms. The van der Waals surface area contributed by atoms with E-state index in [2.05, 4.69) is 4.98 Å². The summed E-state index contributed by atoms with van der Waals surface area (Å²) >= 11 is 0. The number of hydrogen-bond acceptors (Lipinski definition) is 4. The summed E-state index contributed by atoms with van der Waals surface area (Å²) in [5.74, 6) is -1.04. The summed E-state index contributed by atoms with van der Waals surface area (Å²) < 4.78 is 21.8. The van der Waals surface area contributed by atoms with Crippen molar-refractivity contribution in [2.24, 2.45) is 0 Å². The third-order valence-electron chi connectivity index (χ3n) is 4.87.